The van der Waals surface area contributed by atoms with Gasteiger partial charge in [-0.05, 0) is 36.0 Å². The van der Waals surface area contributed by atoms with Crippen molar-refractivity contribution in [3.8, 4) is 0 Å². The van der Waals surface area contributed by atoms with Crippen molar-refractivity contribution in [3.63, 3.8) is 0 Å². The molecular weight excluding hydrogens is 226 g/mol. The van der Waals surface area contributed by atoms with Crippen LogP contribution in [-0.4, -0.2) is 0 Å². The van der Waals surface area contributed by atoms with Crippen LogP contribution < -0.4 is 5.73 Å². The van der Waals surface area contributed by atoms with Crippen molar-refractivity contribution >= 4 is 15.9 Å². The van der Waals surface area contributed by atoms with Gasteiger partial charge >= 0.3 is 0 Å². The van der Waals surface area contributed by atoms with Crippen LogP contribution >= 0.6 is 15.9 Å². The lowest BCUT2D eigenvalue weighted by Crippen LogP contribution is -2.19. The van der Waals surface area contributed by atoms with Gasteiger partial charge in [-0.3, -0.25) is 0 Å². The van der Waals surface area contributed by atoms with Gasteiger partial charge in [0.15, 0.2) is 0 Å². The summed E-state index contributed by atoms with van der Waals surface area (Å²) in [6.07, 6.45) is 2.54. The van der Waals surface area contributed by atoms with E-state index in [2.05, 4.69) is 47.1 Å². The Bertz CT molecular complexity index is 300. The van der Waals surface area contributed by atoms with E-state index in [1.54, 1.807) is 0 Å². The summed E-state index contributed by atoms with van der Waals surface area (Å²) in [7, 11) is 0. The first-order chi connectivity index (χ1) is 6.12. The standard InChI is InChI=1S/C11H14BrN/c1-11(6-7-11)10(13)8-2-4-9(12)5-3-8/h2-5,10H,6-7,13H2,1H3. The zero-order valence-corrected chi connectivity index (χ0v) is 9.34. The van der Waals surface area contributed by atoms with Crippen molar-refractivity contribution in [2.24, 2.45) is 11.1 Å². The van der Waals surface area contributed by atoms with Crippen LogP contribution in [0.15, 0.2) is 28.7 Å². The van der Waals surface area contributed by atoms with Crippen molar-refractivity contribution in [2.75, 3.05) is 0 Å². The van der Waals surface area contributed by atoms with Gasteiger partial charge in [0.25, 0.3) is 0 Å². The molecule has 2 heteroatoms. The Morgan fingerprint density at radius 2 is 1.85 bits per heavy atom. The number of hydrogen-bond donors (Lipinski definition) is 1. The number of hydrogen-bond acceptors (Lipinski definition) is 1. The van der Waals surface area contributed by atoms with E-state index < -0.39 is 0 Å². The summed E-state index contributed by atoms with van der Waals surface area (Å²) in [6.45, 7) is 2.26. The molecular formula is C11H14BrN. The van der Waals surface area contributed by atoms with E-state index in [9.17, 15) is 0 Å². The van der Waals surface area contributed by atoms with Gasteiger partial charge < -0.3 is 5.73 Å². The summed E-state index contributed by atoms with van der Waals surface area (Å²) in [6, 6.07) is 8.54. The van der Waals surface area contributed by atoms with Gasteiger partial charge in [0.2, 0.25) is 0 Å². The number of nitrogens with two attached hydrogens (primary N) is 1. The van der Waals surface area contributed by atoms with Crippen LogP contribution in [0.2, 0.25) is 0 Å². The monoisotopic (exact) mass is 239 g/mol. The molecule has 1 atom stereocenters. The second kappa shape index (κ2) is 3.10. The maximum Gasteiger partial charge on any atom is 0.0349 e. The Kier molecular flexibility index (Phi) is 2.20. The smallest absolute Gasteiger partial charge is 0.0349 e. The van der Waals surface area contributed by atoms with Crippen LogP contribution in [0.5, 0.6) is 0 Å². The van der Waals surface area contributed by atoms with Crippen molar-refractivity contribution < 1.29 is 0 Å². The van der Waals surface area contributed by atoms with Crippen molar-refractivity contribution in [3.05, 3.63) is 34.3 Å². The van der Waals surface area contributed by atoms with Gasteiger partial charge in [0, 0.05) is 10.5 Å². The fraction of sp³-hybridized carbons (Fsp3) is 0.455. The Morgan fingerprint density at radius 1 is 1.31 bits per heavy atom. The fourth-order valence-corrected chi connectivity index (χ4v) is 1.84. The molecule has 0 spiro atoms. The molecule has 1 aliphatic carbocycles. The van der Waals surface area contributed by atoms with Crippen LogP contribution in [0.3, 0.4) is 0 Å². The minimum absolute atomic E-state index is 0.209. The predicted octanol–water partition coefficient (Wildman–Crippen LogP) is 3.25. The molecule has 1 nitrogen and oxygen atoms in total. The SMILES string of the molecule is CC1(C(N)c2ccc(Br)cc2)CC1. The van der Waals surface area contributed by atoms with Crippen molar-refractivity contribution in [1.29, 1.82) is 0 Å². The fourth-order valence-electron chi connectivity index (χ4n) is 1.58. The Hall–Kier alpha value is -0.340. The first kappa shape index (κ1) is 9.22. The maximum atomic E-state index is 6.17. The largest absolute Gasteiger partial charge is 0.323 e. The molecule has 0 radical (unpaired) electrons. The highest BCUT2D eigenvalue weighted by molar-refractivity contribution is 9.10. The summed E-state index contributed by atoms with van der Waals surface area (Å²) in [5.74, 6) is 0. The summed E-state index contributed by atoms with van der Waals surface area (Å²) in [5, 5.41) is 0. The molecule has 0 bridgehead atoms. The molecule has 1 unspecified atom stereocenters. The summed E-state index contributed by atoms with van der Waals surface area (Å²) < 4.78 is 1.12. The van der Waals surface area contributed by atoms with E-state index >= 15 is 0 Å². The molecule has 0 aromatic heterocycles. The third-order valence-corrected chi connectivity index (χ3v) is 3.55. The Morgan fingerprint density at radius 3 is 2.31 bits per heavy atom. The maximum absolute atomic E-state index is 6.17. The van der Waals surface area contributed by atoms with E-state index in [1.807, 2.05) is 0 Å². The van der Waals surface area contributed by atoms with Crippen LogP contribution in [0.1, 0.15) is 31.4 Å². The lowest BCUT2D eigenvalue weighted by molar-refractivity contribution is 0.451. The van der Waals surface area contributed by atoms with Crippen molar-refractivity contribution in [2.45, 2.75) is 25.8 Å². The highest BCUT2D eigenvalue weighted by Gasteiger charge is 2.43. The van der Waals surface area contributed by atoms with Gasteiger partial charge in [-0.15, -0.1) is 0 Å². The second-order valence-corrected chi connectivity index (χ2v) is 5.10. The zero-order valence-electron chi connectivity index (χ0n) is 7.76. The summed E-state index contributed by atoms with van der Waals surface area (Å²) in [5.41, 5.74) is 7.79. The molecule has 1 saturated carbocycles. The lowest BCUT2D eigenvalue weighted by Gasteiger charge is -2.18. The van der Waals surface area contributed by atoms with Crippen molar-refractivity contribution in [1.82, 2.24) is 0 Å². The second-order valence-electron chi connectivity index (χ2n) is 4.18. The molecule has 1 aromatic carbocycles. The first-order valence-corrected chi connectivity index (χ1v) is 5.42. The van der Waals surface area contributed by atoms with Crippen LogP contribution in [0, 0.1) is 5.41 Å². The van der Waals surface area contributed by atoms with E-state index in [0.717, 1.165) is 4.47 Å². The number of rotatable bonds is 2. The molecule has 1 aromatic rings. The molecule has 1 aliphatic rings. The average Bonchev–Trinajstić information content (AvgIpc) is 2.85. The van der Waals surface area contributed by atoms with Crippen LogP contribution in [0.25, 0.3) is 0 Å². The molecule has 2 rings (SSSR count). The number of benzene rings is 1. The van der Waals surface area contributed by atoms with Gasteiger partial charge in [0.05, 0.1) is 0 Å². The minimum Gasteiger partial charge on any atom is -0.323 e. The molecule has 70 valence electrons. The van der Waals surface area contributed by atoms with Crippen LogP contribution in [0.4, 0.5) is 0 Å². The van der Waals surface area contributed by atoms with Gasteiger partial charge in [-0.2, -0.15) is 0 Å². The van der Waals surface area contributed by atoms with Gasteiger partial charge in [0.1, 0.15) is 0 Å². The Labute approximate surface area is 87.5 Å². The molecule has 2 N–H and O–H groups in total. The number of halogens is 1. The quantitative estimate of drug-likeness (QED) is 0.843. The molecule has 0 aliphatic heterocycles. The van der Waals surface area contributed by atoms with E-state index in [-0.39, 0.29) is 6.04 Å². The highest BCUT2D eigenvalue weighted by Crippen LogP contribution is 2.53. The Balaban J connectivity index is 2.20. The van der Waals surface area contributed by atoms with E-state index in [0.29, 0.717) is 5.41 Å². The summed E-state index contributed by atoms with van der Waals surface area (Å²) >= 11 is 3.42. The van der Waals surface area contributed by atoms with Gasteiger partial charge in [-0.1, -0.05) is 35.0 Å². The van der Waals surface area contributed by atoms with E-state index in [4.69, 9.17) is 5.73 Å². The third-order valence-electron chi connectivity index (χ3n) is 3.02. The molecule has 1 fully saturated rings. The normalized spacial score (nSPS) is 21.2. The van der Waals surface area contributed by atoms with Gasteiger partial charge in [-0.25, -0.2) is 0 Å². The van der Waals surface area contributed by atoms with Crippen LogP contribution in [-0.2, 0) is 0 Å². The molecule has 0 saturated heterocycles. The highest BCUT2D eigenvalue weighted by atomic mass is 79.9. The summed E-state index contributed by atoms with van der Waals surface area (Å²) in [4.78, 5) is 0. The lowest BCUT2D eigenvalue weighted by atomic mass is 9.93. The topological polar surface area (TPSA) is 26.0 Å². The zero-order chi connectivity index (χ0) is 9.47. The minimum atomic E-state index is 0.209. The average molecular weight is 240 g/mol. The predicted molar refractivity (Wildman–Crippen MR) is 58.4 cm³/mol. The third kappa shape index (κ3) is 1.79. The first-order valence-electron chi connectivity index (χ1n) is 4.63. The molecule has 13 heavy (non-hydrogen) atoms. The molecule has 0 amide bonds. The van der Waals surface area contributed by atoms with E-state index in [1.165, 1.54) is 18.4 Å². The molecule has 0 heterocycles.